The van der Waals surface area contributed by atoms with Gasteiger partial charge < -0.3 is 15.2 Å². The highest BCUT2D eigenvalue weighted by molar-refractivity contribution is 5.93. The number of nitrogens with one attached hydrogen (secondary N) is 1. The zero-order valence-electron chi connectivity index (χ0n) is 17.6. The van der Waals surface area contributed by atoms with Crippen molar-refractivity contribution >= 4 is 17.0 Å². The lowest BCUT2D eigenvalue weighted by molar-refractivity contribution is 0.169. The molecule has 30 heavy (non-hydrogen) atoms. The van der Waals surface area contributed by atoms with Gasteiger partial charge in [0.25, 0.3) is 0 Å². The smallest absolute Gasteiger partial charge is 0.405 e. The topological polar surface area (TPSA) is 84.3 Å². The van der Waals surface area contributed by atoms with Gasteiger partial charge in [-0.1, -0.05) is 6.92 Å². The van der Waals surface area contributed by atoms with Gasteiger partial charge in [-0.2, -0.15) is 0 Å². The molecular weight excluding hydrogens is 385 g/mol. The highest BCUT2D eigenvalue weighted by Crippen LogP contribution is 2.29. The van der Waals surface area contributed by atoms with Crippen LogP contribution in [0.3, 0.4) is 0 Å². The number of aromatic nitrogens is 2. The maximum Gasteiger partial charge on any atom is 0.405 e. The van der Waals surface area contributed by atoms with Crippen molar-refractivity contribution in [3.63, 3.8) is 0 Å². The summed E-state index contributed by atoms with van der Waals surface area (Å²) in [6, 6.07) is 8.34. The van der Waals surface area contributed by atoms with E-state index in [0.717, 1.165) is 22.2 Å². The Bertz CT molecular complexity index is 1070. The Labute approximate surface area is 175 Å². The van der Waals surface area contributed by atoms with Crippen molar-refractivity contribution in [1.29, 1.82) is 0 Å². The van der Waals surface area contributed by atoms with E-state index in [9.17, 15) is 9.18 Å². The van der Waals surface area contributed by atoms with Gasteiger partial charge in [0, 0.05) is 28.8 Å². The minimum Gasteiger partial charge on any atom is -0.491 e. The van der Waals surface area contributed by atoms with Crippen LogP contribution in [-0.2, 0) is 0 Å². The highest BCUT2D eigenvalue weighted by Gasteiger charge is 2.23. The van der Waals surface area contributed by atoms with Crippen molar-refractivity contribution in [1.82, 2.24) is 15.3 Å². The first-order chi connectivity index (χ1) is 14.1. The third kappa shape index (κ3) is 5.23. The van der Waals surface area contributed by atoms with Gasteiger partial charge in [0.2, 0.25) is 0 Å². The van der Waals surface area contributed by atoms with Crippen LogP contribution in [0.5, 0.6) is 5.75 Å². The summed E-state index contributed by atoms with van der Waals surface area (Å²) in [6.45, 7) is 8.12. The number of benzene rings is 1. The predicted octanol–water partition coefficient (Wildman–Crippen LogP) is 5.20. The van der Waals surface area contributed by atoms with Gasteiger partial charge in [0.1, 0.15) is 11.6 Å². The molecule has 0 radical (unpaired) electrons. The lowest BCUT2D eigenvalue weighted by atomic mass is 9.92. The highest BCUT2D eigenvalue weighted by atomic mass is 19.1. The molecule has 3 aromatic rings. The molecule has 6 nitrogen and oxygen atoms in total. The molecule has 7 heteroatoms. The summed E-state index contributed by atoms with van der Waals surface area (Å²) in [5, 5.41) is 12.3. The molecule has 0 aliphatic rings. The number of fused-ring (bicyclic) bond motifs is 1. The van der Waals surface area contributed by atoms with E-state index in [1.165, 1.54) is 12.1 Å². The molecule has 0 bridgehead atoms. The van der Waals surface area contributed by atoms with Crippen LogP contribution < -0.4 is 10.1 Å². The molecule has 0 spiro atoms. The Hall–Kier alpha value is -3.22. The van der Waals surface area contributed by atoms with Crippen LogP contribution >= 0.6 is 0 Å². The number of carbonyl (C=O) groups is 1. The van der Waals surface area contributed by atoms with E-state index in [1.54, 1.807) is 18.5 Å². The van der Waals surface area contributed by atoms with Crippen molar-refractivity contribution in [2.75, 3.05) is 6.61 Å². The maximum atomic E-state index is 13.5. The summed E-state index contributed by atoms with van der Waals surface area (Å²) in [4.78, 5) is 19.7. The number of pyridine rings is 2. The number of halogens is 1. The van der Waals surface area contributed by atoms with Crippen molar-refractivity contribution < 1.29 is 19.0 Å². The van der Waals surface area contributed by atoms with Crippen molar-refractivity contribution in [3.05, 3.63) is 54.1 Å². The van der Waals surface area contributed by atoms with Gasteiger partial charge in [-0.15, -0.1) is 0 Å². The fourth-order valence-corrected chi connectivity index (χ4v) is 3.69. The molecule has 1 amide bonds. The van der Waals surface area contributed by atoms with Gasteiger partial charge in [0.05, 0.1) is 24.0 Å². The second kappa shape index (κ2) is 8.65. The van der Waals surface area contributed by atoms with Crippen LogP contribution in [0.4, 0.5) is 9.18 Å². The molecule has 158 valence electrons. The van der Waals surface area contributed by atoms with Gasteiger partial charge in [-0.05, 0) is 62.9 Å². The van der Waals surface area contributed by atoms with E-state index < -0.39 is 11.6 Å². The van der Waals surface area contributed by atoms with Gasteiger partial charge in [0.15, 0.2) is 0 Å². The molecule has 1 atom stereocenters. The van der Waals surface area contributed by atoms with Crippen molar-refractivity contribution in [2.24, 2.45) is 5.92 Å². The lowest BCUT2D eigenvalue weighted by Gasteiger charge is -2.28. The SMILES string of the molecule is Cc1cc(-c2ccnc3cc(F)ccc23)ncc1OCC(C)CC(C)(C)NC(=O)O. The molecule has 0 aliphatic heterocycles. The van der Waals surface area contributed by atoms with E-state index in [-0.39, 0.29) is 11.7 Å². The second-order valence-electron chi connectivity index (χ2n) is 8.29. The first-order valence-corrected chi connectivity index (χ1v) is 9.80. The Morgan fingerprint density at radius 2 is 2.03 bits per heavy atom. The normalized spacial score (nSPS) is 12.6. The number of hydrogen-bond donors (Lipinski definition) is 2. The summed E-state index contributed by atoms with van der Waals surface area (Å²) in [7, 11) is 0. The standard InChI is InChI=1S/C23H26FN3O3/c1-14(11-23(3,4)27-22(28)29)13-30-21-12-26-19(9-15(21)2)18-7-8-25-20-10-16(24)5-6-17(18)20/h5-10,12,14,27H,11,13H2,1-4H3,(H,28,29). The Balaban J connectivity index is 1.73. The molecule has 0 fully saturated rings. The molecule has 2 heterocycles. The number of hydrogen-bond acceptors (Lipinski definition) is 4. The van der Waals surface area contributed by atoms with E-state index in [4.69, 9.17) is 9.84 Å². The molecule has 3 rings (SSSR count). The third-order valence-corrected chi connectivity index (χ3v) is 4.87. The minimum atomic E-state index is -1.03. The number of aryl methyl sites for hydroxylation is 1. The maximum absolute atomic E-state index is 13.5. The Morgan fingerprint density at radius 1 is 1.27 bits per heavy atom. The van der Waals surface area contributed by atoms with Crippen LogP contribution in [0.1, 0.15) is 32.8 Å². The van der Waals surface area contributed by atoms with Crippen molar-refractivity contribution in [2.45, 2.75) is 39.7 Å². The number of ether oxygens (including phenoxy) is 1. The monoisotopic (exact) mass is 411 g/mol. The summed E-state index contributed by atoms with van der Waals surface area (Å²) in [5.74, 6) is 0.500. The fraction of sp³-hybridized carbons (Fsp3) is 0.348. The second-order valence-corrected chi connectivity index (χ2v) is 8.29. The molecular formula is C23H26FN3O3. The first kappa shape index (κ1) is 21.5. The molecule has 0 saturated carbocycles. The third-order valence-electron chi connectivity index (χ3n) is 4.87. The summed E-state index contributed by atoms with van der Waals surface area (Å²) < 4.78 is 19.4. The van der Waals surface area contributed by atoms with Crippen LogP contribution in [-0.4, -0.2) is 33.3 Å². The average Bonchev–Trinajstić information content (AvgIpc) is 2.64. The van der Waals surface area contributed by atoms with Gasteiger partial charge >= 0.3 is 6.09 Å². The zero-order chi connectivity index (χ0) is 21.9. The number of nitrogens with zero attached hydrogens (tertiary/aromatic N) is 2. The summed E-state index contributed by atoms with van der Waals surface area (Å²) in [5.41, 5.74) is 2.62. The van der Waals surface area contributed by atoms with Crippen LogP contribution in [0, 0.1) is 18.7 Å². The minimum absolute atomic E-state index is 0.143. The van der Waals surface area contributed by atoms with Crippen LogP contribution in [0.15, 0.2) is 42.7 Å². The molecule has 0 aliphatic carbocycles. The quantitative estimate of drug-likeness (QED) is 0.558. The largest absolute Gasteiger partial charge is 0.491 e. The van der Waals surface area contributed by atoms with E-state index in [0.29, 0.717) is 24.3 Å². The van der Waals surface area contributed by atoms with E-state index in [2.05, 4.69) is 15.3 Å². The van der Waals surface area contributed by atoms with Gasteiger partial charge in [-0.25, -0.2) is 9.18 Å². The Morgan fingerprint density at radius 3 is 2.73 bits per heavy atom. The molecule has 0 saturated heterocycles. The number of rotatable bonds is 7. The van der Waals surface area contributed by atoms with Crippen LogP contribution in [0.25, 0.3) is 22.2 Å². The van der Waals surface area contributed by atoms with Crippen molar-refractivity contribution in [3.8, 4) is 17.0 Å². The van der Waals surface area contributed by atoms with Gasteiger partial charge in [-0.3, -0.25) is 9.97 Å². The average molecular weight is 411 g/mol. The molecule has 2 N–H and O–H groups in total. The van der Waals surface area contributed by atoms with E-state index >= 15 is 0 Å². The zero-order valence-corrected chi connectivity index (χ0v) is 17.6. The van der Waals surface area contributed by atoms with Crippen LogP contribution in [0.2, 0.25) is 0 Å². The summed E-state index contributed by atoms with van der Waals surface area (Å²) >= 11 is 0. The predicted molar refractivity (Wildman–Crippen MR) is 114 cm³/mol. The summed E-state index contributed by atoms with van der Waals surface area (Å²) in [6.07, 6.45) is 2.94. The number of amides is 1. The van der Waals surface area contributed by atoms with E-state index in [1.807, 2.05) is 39.8 Å². The number of carboxylic acid groups (broad SMARTS) is 1. The molecule has 2 aromatic heterocycles. The lowest BCUT2D eigenvalue weighted by Crippen LogP contribution is -2.44. The Kier molecular flexibility index (Phi) is 6.20. The fourth-order valence-electron chi connectivity index (χ4n) is 3.69. The first-order valence-electron chi connectivity index (χ1n) is 9.80. The molecule has 1 unspecified atom stereocenters. The molecule has 1 aromatic carbocycles.